The van der Waals surface area contributed by atoms with Crippen molar-refractivity contribution in [3.63, 3.8) is 0 Å². The van der Waals surface area contributed by atoms with E-state index in [2.05, 4.69) is 5.32 Å². The number of hydrogen-bond acceptors (Lipinski definition) is 4. The van der Waals surface area contributed by atoms with Crippen molar-refractivity contribution in [2.75, 3.05) is 5.32 Å². The number of amides is 1. The van der Waals surface area contributed by atoms with Crippen molar-refractivity contribution in [2.45, 2.75) is 19.1 Å². The molecule has 0 fully saturated rings. The molecular formula is C17H16FNO4. The predicted molar refractivity (Wildman–Crippen MR) is 82.0 cm³/mol. The average molecular weight is 317 g/mol. The third kappa shape index (κ3) is 4.62. The number of aliphatic hydroxyl groups is 1. The number of rotatable bonds is 5. The number of ether oxygens (including phenoxy) is 1. The van der Waals surface area contributed by atoms with Crippen LogP contribution >= 0.6 is 0 Å². The molecule has 6 heteroatoms. The molecule has 0 bridgehead atoms. The van der Waals surface area contributed by atoms with E-state index < -0.39 is 29.9 Å². The topological polar surface area (TPSA) is 75.6 Å². The highest BCUT2D eigenvalue weighted by Gasteiger charge is 2.24. The number of anilines is 1. The van der Waals surface area contributed by atoms with Gasteiger partial charge in [0.05, 0.1) is 0 Å². The summed E-state index contributed by atoms with van der Waals surface area (Å²) < 4.78 is 17.7. The molecule has 0 aliphatic carbocycles. The van der Waals surface area contributed by atoms with Gasteiger partial charge in [0.15, 0.2) is 12.2 Å². The average Bonchev–Trinajstić information content (AvgIpc) is 2.56. The Hall–Kier alpha value is -2.73. The van der Waals surface area contributed by atoms with E-state index in [1.165, 1.54) is 31.2 Å². The summed E-state index contributed by atoms with van der Waals surface area (Å²) >= 11 is 0. The summed E-state index contributed by atoms with van der Waals surface area (Å²) in [6, 6.07) is 13.4. The summed E-state index contributed by atoms with van der Waals surface area (Å²) in [7, 11) is 0. The van der Waals surface area contributed by atoms with Gasteiger partial charge in [0.1, 0.15) is 5.82 Å². The first kappa shape index (κ1) is 16.6. The number of nitrogens with one attached hydrogen (secondary N) is 1. The smallest absolute Gasteiger partial charge is 0.340 e. The molecule has 0 spiro atoms. The fourth-order valence-electron chi connectivity index (χ4n) is 1.84. The maximum absolute atomic E-state index is 12.8. The molecule has 120 valence electrons. The van der Waals surface area contributed by atoms with Crippen molar-refractivity contribution in [1.29, 1.82) is 0 Å². The molecule has 2 aromatic rings. The van der Waals surface area contributed by atoms with Gasteiger partial charge in [-0.2, -0.15) is 0 Å². The number of aliphatic hydroxyl groups excluding tert-OH is 1. The van der Waals surface area contributed by atoms with Gasteiger partial charge >= 0.3 is 5.97 Å². The fraction of sp³-hybridized carbons (Fsp3) is 0.176. The van der Waals surface area contributed by atoms with Crippen LogP contribution in [-0.4, -0.2) is 23.1 Å². The Morgan fingerprint density at radius 2 is 1.70 bits per heavy atom. The molecule has 2 atom stereocenters. The summed E-state index contributed by atoms with van der Waals surface area (Å²) in [6.45, 7) is 1.38. The predicted octanol–water partition coefficient (Wildman–Crippen LogP) is 2.43. The van der Waals surface area contributed by atoms with Gasteiger partial charge in [-0.05, 0) is 36.8 Å². The molecule has 0 saturated heterocycles. The molecule has 0 heterocycles. The lowest BCUT2D eigenvalue weighted by molar-refractivity contribution is -0.162. The first-order valence-electron chi connectivity index (χ1n) is 6.97. The van der Waals surface area contributed by atoms with Crippen LogP contribution in [0.1, 0.15) is 18.6 Å². The molecule has 1 amide bonds. The first-order valence-corrected chi connectivity index (χ1v) is 6.97. The number of carbonyl (C=O) groups excluding carboxylic acids is 2. The molecule has 0 aliphatic rings. The Bertz CT molecular complexity index is 673. The van der Waals surface area contributed by atoms with E-state index >= 15 is 0 Å². The van der Waals surface area contributed by atoms with E-state index in [4.69, 9.17) is 4.74 Å². The molecule has 0 radical (unpaired) electrons. The summed E-state index contributed by atoms with van der Waals surface area (Å²) in [5.41, 5.74) is 0.756. The number of halogens is 1. The van der Waals surface area contributed by atoms with Crippen molar-refractivity contribution in [2.24, 2.45) is 0 Å². The van der Waals surface area contributed by atoms with Gasteiger partial charge in [0.25, 0.3) is 5.91 Å². The van der Waals surface area contributed by atoms with Crippen LogP contribution in [0, 0.1) is 5.82 Å². The highest BCUT2D eigenvalue weighted by molar-refractivity contribution is 5.95. The molecule has 0 saturated carbocycles. The van der Waals surface area contributed by atoms with E-state index in [0.717, 1.165) is 0 Å². The second-order valence-corrected chi connectivity index (χ2v) is 4.89. The summed E-state index contributed by atoms with van der Waals surface area (Å²) in [5, 5.41) is 12.4. The summed E-state index contributed by atoms with van der Waals surface area (Å²) in [6.07, 6.45) is -2.57. The Morgan fingerprint density at radius 3 is 2.30 bits per heavy atom. The van der Waals surface area contributed by atoms with E-state index in [1.807, 2.05) is 0 Å². The minimum Gasteiger partial charge on any atom is -0.450 e. The SMILES string of the molecule is C[C@H](OC(=O)[C@@H](O)c1ccccc1)C(=O)Nc1ccc(F)cc1. The molecule has 5 nitrogen and oxygen atoms in total. The Kier molecular flexibility index (Phi) is 5.43. The quantitative estimate of drug-likeness (QED) is 0.831. The monoisotopic (exact) mass is 317 g/mol. The normalized spacial score (nSPS) is 13.0. The third-order valence-electron chi connectivity index (χ3n) is 3.11. The van der Waals surface area contributed by atoms with E-state index in [1.54, 1.807) is 30.3 Å². The molecule has 0 aromatic heterocycles. The molecule has 2 rings (SSSR count). The fourth-order valence-corrected chi connectivity index (χ4v) is 1.84. The second-order valence-electron chi connectivity index (χ2n) is 4.89. The van der Waals surface area contributed by atoms with Crippen LogP contribution in [-0.2, 0) is 14.3 Å². The van der Waals surface area contributed by atoms with Gasteiger partial charge in [-0.3, -0.25) is 4.79 Å². The lowest BCUT2D eigenvalue weighted by atomic mass is 10.1. The second kappa shape index (κ2) is 7.51. The van der Waals surface area contributed by atoms with Crippen molar-refractivity contribution < 1.29 is 23.8 Å². The van der Waals surface area contributed by atoms with Crippen LogP contribution in [0.4, 0.5) is 10.1 Å². The molecular weight excluding hydrogens is 301 g/mol. The maximum Gasteiger partial charge on any atom is 0.340 e. The zero-order chi connectivity index (χ0) is 16.8. The maximum atomic E-state index is 12.8. The standard InChI is InChI=1S/C17H16FNO4/c1-11(16(21)19-14-9-7-13(18)8-10-14)23-17(22)15(20)12-5-3-2-4-6-12/h2-11,15,20H,1H3,(H,19,21)/t11-,15-/m0/s1. The van der Waals surface area contributed by atoms with Gasteiger partial charge < -0.3 is 15.2 Å². The highest BCUT2D eigenvalue weighted by atomic mass is 19.1. The molecule has 23 heavy (non-hydrogen) atoms. The Morgan fingerprint density at radius 1 is 1.09 bits per heavy atom. The van der Waals surface area contributed by atoms with Crippen LogP contribution in [0.15, 0.2) is 54.6 Å². The molecule has 2 aromatic carbocycles. The van der Waals surface area contributed by atoms with Crippen LogP contribution < -0.4 is 5.32 Å². The largest absolute Gasteiger partial charge is 0.450 e. The third-order valence-corrected chi connectivity index (χ3v) is 3.11. The van der Waals surface area contributed by atoms with E-state index in [9.17, 15) is 19.1 Å². The summed E-state index contributed by atoms with van der Waals surface area (Å²) in [5.74, 6) is -1.92. The number of benzene rings is 2. The lowest BCUT2D eigenvalue weighted by Gasteiger charge is -2.16. The van der Waals surface area contributed by atoms with Gasteiger partial charge in [-0.25, -0.2) is 9.18 Å². The van der Waals surface area contributed by atoms with Crippen molar-refractivity contribution in [3.05, 3.63) is 66.0 Å². The number of hydrogen-bond donors (Lipinski definition) is 2. The first-order chi connectivity index (χ1) is 11.0. The highest BCUT2D eigenvalue weighted by Crippen LogP contribution is 2.15. The van der Waals surface area contributed by atoms with Crippen molar-refractivity contribution in [3.8, 4) is 0 Å². The number of carbonyl (C=O) groups is 2. The molecule has 0 unspecified atom stereocenters. The van der Waals surface area contributed by atoms with Gasteiger partial charge in [0, 0.05) is 5.69 Å². The Balaban J connectivity index is 1.92. The van der Waals surface area contributed by atoms with Crippen LogP contribution in [0.5, 0.6) is 0 Å². The zero-order valence-corrected chi connectivity index (χ0v) is 12.4. The summed E-state index contributed by atoms with van der Waals surface area (Å²) in [4.78, 5) is 23.8. The van der Waals surface area contributed by atoms with Crippen molar-refractivity contribution in [1.82, 2.24) is 0 Å². The molecule has 2 N–H and O–H groups in total. The zero-order valence-electron chi connectivity index (χ0n) is 12.4. The number of esters is 1. The van der Waals surface area contributed by atoms with Gasteiger partial charge in [0.2, 0.25) is 0 Å². The van der Waals surface area contributed by atoms with Crippen molar-refractivity contribution >= 4 is 17.6 Å². The minimum atomic E-state index is -1.46. The lowest BCUT2D eigenvalue weighted by Crippen LogP contribution is -2.31. The van der Waals surface area contributed by atoms with E-state index in [0.29, 0.717) is 11.3 Å². The van der Waals surface area contributed by atoms with Crippen LogP contribution in [0.25, 0.3) is 0 Å². The van der Waals surface area contributed by atoms with Crippen LogP contribution in [0.3, 0.4) is 0 Å². The van der Waals surface area contributed by atoms with Crippen LogP contribution in [0.2, 0.25) is 0 Å². The minimum absolute atomic E-state index is 0.378. The van der Waals surface area contributed by atoms with E-state index in [-0.39, 0.29) is 0 Å². The van der Waals surface area contributed by atoms with Gasteiger partial charge in [-0.1, -0.05) is 30.3 Å². The molecule has 0 aliphatic heterocycles. The Labute approximate surface area is 132 Å². The van der Waals surface area contributed by atoms with Gasteiger partial charge in [-0.15, -0.1) is 0 Å².